The minimum Gasteiger partial charge on any atom is -0.349 e. The Hall–Kier alpha value is -1.75. The number of H-pyrrole nitrogens is 1. The van der Waals surface area contributed by atoms with Gasteiger partial charge in [-0.1, -0.05) is 13.0 Å². The highest BCUT2D eigenvalue weighted by Crippen LogP contribution is 2.20. The van der Waals surface area contributed by atoms with Crippen LogP contribution in [0.2, 0.25) is 0 Å². The van der Waals surface area contributed by atoms with Crippen LogP contribution in [0.5, 0.6) is 0 Å². The van der Waals surface area contributed by atoms with Crippen molar-refractivity contribution in [1.82, 2.24) is 15.3 Å². The number of nitrogens with zero attached hydrogens (tertiary/aromatic N) is 1. The Bertz CT molecular complexity index is 497. The highest BCUT2D eigenvalue weighted by atomic mass is 19.1. The molecule has 0 aliphatic rings. The Morgan fingerprint density at radius 3 is 2.83 bits per heavy atom. The number of likely N-dealkylation sites (N-methyl/N-ethyl adjacent to an activating group) is 1. The molecule has 0 amide bonds. The molecule has 0 radical (unpaired) electrons. The van der Waals surface area contributed by atoms with Crippen LogP contribution in [0.25, 0.3) is 0 Å². The van der Waals surface area contributed by atoms with E-state index in [1.165, 1.54) is 12.1 Å². The maximum atomic E-state index is 13.7. The van der Waals surface area contributed by atoms with Gasteiger partial charge in [-0.25, -0.2) is 13.8 Å². The number of imidazole rings is 1. The molecule has 1 atom stereocenters. The summed E-state index contributed by atoms with van der Waals surface area (Å²) in [6.07, 6.45) is 3.90. The summed E-state index contributed by atoms with van der Waals surface area (Å²) in [4.78, 5) is 7.10. The molecule has 1 heterocycles. The maximum absolute atomic E-state index is 13.7. The average molecular weight is 251 g/mol. The fourth-order valence-corrected chi connectivity index (χ4v) is 1.93. The van der Waals surface area contributed by atoms with Crippen LogP contribution < -0.4 is 5.32 Å². The second-order valence-corrected chi connectivity index (χ2v) is 4.02. The molecule has 1 unspecified atom stereocenters. The molecule has 5 heteroatoms. The Morgan fingerprint density at radius 1 is 1.39 bits per heavy atom. The molecule has 1 aromatic heterocycles. The molecule has 0 saturated carbocycles. The summed E-state index contributed by atoms with van der Waals surface area (Å²) in [5.41, 5.74) is 0.453. The van der Waals surface area contributed by atoms with Crippen molar-refractivity contribution in [1.29, 1.82) is 0 Å². The van der Waals surface area contributed by atoms with Gasteiger partial charge in [0.05, 0.1) is 0 Å². The SMILES string of the molecule is CCNC(Cc1ncc[nH]1)c1ccc(F)cc1F. The molecule has 0 aliphatic carbocycles. The third-order valence-corrected chi connectivity index (χ3v) is 2.74. The molecule has 3 nitrogen and oxygen atoms in total. The van der Waals surface area contributed by atoms with Crippen molar-refractivity contribution in [3.63, 3.8) is 0 Å². The van der Waals surface area contributed by atoms with Gasteiger partial charge in [-0.3, -0.25) is 0 Å². The number of aromatic nitrogens is 2. The fraction of sp³-hybridized carbons (Fsp3) is 0.308. The molecule has 0 aliphatic heterocycles. The lowest BCUT2D eigenvalue weighted by Gasteiger charge is -2.18. The van der Waals surface area contributed by atoms with Gasteiger partial charge in [0.25, 0.3) is 0 Å². The number of hydrogen-bond acceptors (Lipinski definition) is 2. The molecule has 0 fully saturated rings. The molecule has 0 spiro atoms. The van der Waals surface area contributed by atoms with E-state index in [9.17, 15) is 8.78 Å². The monoisotopic (exact) mass is 251 g/mol. The number of aromatic amines is 1. The van der Waals surface area contributed by atoms with Gasteiger partial charge in [0.15, 0.2) is 0 Å². The van der Waals surface area contributed by atoms with Gasteiger partial charge in [0.2, 0.25) is 0 Å². The van der Waals surface area contributed by atoms with Crippen LogP contribution in [-0.4, -0.2) is 16.5 Å². The molecular weight excluding hydrogens is 236 g/mol. The zero-order valence-corrected chi connectivity index (χ0v) is 10.1. The standard InChI is InChI=1S/C13H15F2N3/c1-2-16-12(8-13-17-5-6-18-13)10-4-3-9(14)7-11(10)15/h3-7,12,16H,2,8H2,1H3,(H,17,18). The van der Waals surface area contributed by atoms with Gasteiger partial charge >= 0.3 is 0 Å². The zero-order chi connectivity index (χ0) is 13.0. The predicted molar refractivity (Wildman–Crippen MR) is 65.1 cm³/mol. The fourth-order valence-electron chi connectivity index (χ4n) is 1.93. The summed E-state index contributed by atoms with van der Waals surface area (Å²) in [5.74, 6) is -0.332. The summed E-state index contributed by atoms with van der Waals surface area (Å²) < 4.78 is 26.6. The van der Waals surface area contributed by atoms with E-state index in [1.807, 2.05) is 6.92 Å². The summed E-state index contributed by atoms with van der Waals surface area (Å²) in [7, 11) is 0. The van der Waals surface area contributed by atoms with E-state index in [4.69, 9.17) is 0 Å². The molecule has 96 valence electrons. The molecule has 2 rings (SSSR count). The number of rotatable bonds is 5. The molecule has 2 aromatic rings. The van der Waals surface area contributed by atoms with Crippen LogP contribution >= 0.6 is 0 Å². The van der Waals surface area contributed by atoms with E-state index in [-0.39, 0.29) is 6.04 Å². The number of halogens is 2. The van der Waals surface area contributed by atoms with Crippen molar-refractivity contribution in [2.24, 2.45) is 0 Å². The average Bonchev–Trinajstić information content (AvgIpc) is 2.81. The first kappa shape index (κ1) is 12.7. The normalized spacial score (nSPS) is 12.6. The van der Waals surface area contributed by atoms with E-state index in [0.717, 1.165) is 11.9 Å². The largest absolute Gasteiger partial charge is 0.349 e. The number of hydrogen-bond donors (Lipinski definition) is 2. The van der Waals surface area contributed by atoms with Crippen LogP contribution in [0.4, 0.5) is 8.78 Å². The van der Waals surface area contributed by atoms with E-state index >= 15 is 0 Å². The highest BCUT2D eigenvalue weighted by Gasteiger charge is 2.16. The van der Waals surface area contributed by atoms with Gasteiger partial charge in [0.1, 0.15) is 17.5 Å². The van der Waals surface area contributed by atoms with Crippen LogP contribution in [0.3, 0.4) is 0 Å². The molecule has 0 bridgehead atoms. The number of benzene rings is 1. The van der Waals surface area contributed by atoms with Gasteiger partial charge in [0, 0.05) is 36.5 Å². The number of nitrogens with one attached hydrogen (secondary N) is 2. The summed E-state index contributed by atoms with van der Waals surface area (Å²) in [5, 5.41) is 3.18. The van der Waals surface area contributed by atoms with Crippen molar-refractivity contribution >= 4 is 0 Å². The molecule has 1 aromatic carbocycles. The first-order valence-electron chi connectivity index (χ1n) is 5.87. The van der Waals surface area contributed by atoms with E-state index < -0.39 is 11.6 Å². The third kappa shape index (κ3) is 2.92. The Kier molecular flexibility index (Phi) is 4.04. The van der Waals surface area contributed by atoms with Crippen molar-refractivity contribution in [2.75, 3.05) is 6.54 Å². The van der Waals surface area contributed by atoms with Crippen molar-refractivity contribution < 1.29 is 8.78 Å². The maximum Gasteiger partial charge on any atom is 0.130 e. The second kappa shape index (κ2) is 5.73. The smallest absolute Gasteiger partial charge is 0.130 e. The third-order valence-electron chi connectivity index (χ3n) is 2.74. The Morgan fingerprint density at radius 2 is 2.22 bits per heavy atom. The van der Waals surface area contributed by atoms with Crippen molar-refractivity contribution in [3.8, 4) is 0 Å². The van der Waals surface area contributed by atoms with Crippen molar-refractivity contribution in [2.45, 2.75) is 19.4 Å². The molecule has 2 N–H and O–H groups in total. The Balaban J connectivity index is 2.23. The first-order valence-corrected chi connectivity index (χ1v) is 5.87. The quantitative estimate of drug-likeness (QED) is 0.857. The van der Waals surface area contributed by atoms with E-state index in [0.29, 0.717) is 18.5 Å². The van der Waals surface area contributed by atoms with Gasteiger partial charge in [-0.2, -0.15) is 0 Å². The van der Waals surface area contributed by atoms with Crippen LogP contribution in [0.1, 0.15) is 24.4 Å². The van der Waals surface area contributed by atoms with Gasteiger partial charge in [-0.05, 0) is 12.6 Å². The predicted octanol–water partition coefficient (Wildman–Crippen LogP) is 2.58. The lowest BCUT2D eigenvalue weighted by molar-refractivity contribution is 0.496. The summed E-state index contributed by atoms with van der Waals surface area (Å²) in [6.45, 7) is 2.64. The van der Waals surface area contributed by atoms with Gasteiger partial charge in [-0.15, -0.1) is 0 Å². The molecular formula is C13H15F2N3. The van der Waals surface area contributed by atoms with Crippen LogP contribution in [0, 0.1) is 11.6 Å². The lowest BCUT2D eigenvalue weighted by Crippen LogP contribution is -2.24. The minimum absolute atomic E-state index is 0.221. The summed E-state index contributed by atoms with van der Waals surface area (Å²) >= 11 is 0. The first-order chi connectivity index (χ1) is 8.70. The lowest BCUT2D eigenvalue weighted by atomic mass is 10.0. The van der Waals surface area contributed by atoms with E-state index in [2.05, 4.69) is 15.3 Å². The minimum atomic E-state index is -0.565. The van der Waals surface area contributed by atoms with Crippen LogP contribution in [0.15, 0.2) is 30.6 Å². The van der Waals surface area contributed by atoms with Crippen molar-refractivity contribution in [3.05, 3.63) is 53.6 Å². The van der Waals surface area contributed by atoms with Gasteiger partial charge < -0.3 is 10.3 Å². The van der Waals surface area contributed by atoms with E-state index in [1.54, 1.807) is 12.4 Å². The molecule has 0 saturated heterocycles. The topological polar surface area (TPSA) is 40.7 Å². The van der Waals surface area contributed by atoms with Crippen LogP contribution in [-0.2, 0) is 6.42 Å². The highest BCUT2D eigenvalue weighted by molar-refractivity contribution is 5.23. The second-order valence-electron chi connectivity index (χ2n) is 4.02. The zero-order valence-electron chi connectivity index (χ0n) is 10.1. The Labute approximate surface area is 104 Å². The molecule has 18 heavy (non-hydrogen) atoms. The summed E-state index contributed by atoms with van der Waals surface area (Å²) in [6, 6.07) is 3.43.